The molecule has 0 aromatic carbocycles. The highest BCUT2D eigenvalue weighted by Crippen LogP contribution is 2.39. The van der Waals surface area contributed by atoms with Crippen LogP contribution in [-0.2, 0) is 9.53 Å². The fourth-order valence-electron chi connectivity index (χ4n) is 2.20. The van der Waals surface area contributed by atoms with Crippen LogP contribution in [0.25, 0.3) is 0 Å². The molecule has 0 amide bonds. The lowest BCUT2D eigenvalue weighted by molar-refractivity contribution is -0.149. The van der Waals surface area contributed by atoms with E-state index in [9.17, 15) is 4.79 Å². The maximum absolute atomic E-state index is 11.8. The molecule has 0 bridgehead atoms. The van der Waals surface area contributed by atoms with E-state index in [1.54, 1.807) is 31.1 Å². The molecule has 0 saturated heterocycles. The van der Waals surface area contributed by atoms with E-state index in [2.05, 4.69) is 4.98 Å². The smallest absolute Gasteiger partial charge is 0.326 e. The van der Waals surface area contributed by atoms with Gasteiger partial charge in [0.1, 0.15) is 5.54 Å². The molecule has 18 heavy (non-hydrogen) atoms. The molecule has 1 aliphatic carbocycles. The minimum atomic E-state index is -0.791. The Hall–Kier alpha value is -1.07. The summed E-state index contributed by atoms with van der Waals surface area (Å²) in [5.41, 5.74) is 5.34. The maximum Gasteiger partial charge on any atom is 0.326 e. The van der Waals surface area contributed by atoms with Crippen molar-refractivity contribution in [2.24, 2.45) is 5.73 Å². The number of carbonyl (C=O) groups excluding carboxylic acids is 1. The first-order valence-corrected chi connectivity index (χ1v) is 7.05. The molecular formula is C13H18N2O2S. The maximum atomic E-state index is 11.8. The molecule has 5 heteroatoms. The highest BCUT2D eigenvalue weighted by atomic mass is 32.2. The van der Waals surface area contributed by atoms with Gasteiger partial charge in [0.2, 0.25) is 0 Å². The molecule has 0 radical (unpaired) electrons. The van der Waals surface area contributed by atoms with Crippen molar-refractivity contribution in [2.45, 2.75) is 41.9 Å². The summed E-state index contributed by atoms with van der Waals surface area (Å²) in [4.78, 5) is 17.0. The van der Waals surface area contributed by atoms with E-state index in [4.69, 9.17) is 10.5 Å². The van der Waals surface area contributed by atoms with E-state index in [-0.39, 0.29) is 5.97 Å². The van der Waals surface area contributed by atoms with Gasteiger partial charge in [0.05, 0.1) is 6.61 Å². The number of aromatic nitrogens is 1. The second-order valence-electron chi connectivity index (χ2n) is 4.54. The van der Waals surface area contributed by atoms with Crippen LogP contribution in [0.4, 0.5) is 0 Å². The van der Waals surface area contributed by atoms with E-state index in [0.717, 1.165) is 6.42 Å². The van der Waals surface area contributed by atoms with Gasteiger partial charge in [-0.15, -0.1) is 11.8 Å². The van der Waals surface area contributed by atoms with Crippen LogP contribution in [0, 0.1) is 0 Å². The van der Waals surface area contributed by atoms with Gasteiger partial charge in [-0.2, -0.15) is 0 Å². The van der Waals surface area contributed by atoms with Crippen molar-refractivity contribution in [3.8, 4) is 0 Å². The first-order valence-electron chi connectivity index (χ1n) is 6.17. The molecule has 1 aromatic rings. The molecule has 2 rings (SSSR count). The fourth-order valence-corrected chi connectivity index (χ4v) is 3.48. The first-order chi connectivity index (χ1) is 8.64. The first kappa shape index (κ1) is 13.4. The number of nitrogens with zero attached hydrogens (tertiary/aromatic N) is 1. The molecule has 1 fully saturated rings. The van der Waals surface area contributed by atoms with Crippen molar-refractivity contribution < 1.29 is 9.53 Å². The summed E-state index contributed by atoms with van der Waals surface area (Å²) in [6.45, 7) is 2.19. The van der Waals surface area contributed by atoms with Crippen LogP contribution in [0.5, 0.6) is 0 Å². The van der Waals surface area contributed by atoms with Crippen molar-refractivity contribution in [3.63, 3.8) is 0 Å². The van der Waals surface area contributed by atoms with Gasteiger partial charge >= 0.3 is 5.97 Å². The van der Waals surface area contributed by atoms with E-state index >= 15 is 0 Å². The van der Waals surface area contributed by atoms with E-state index in [1.807, 2.05) is 12.1 Å². The third kappa shape index (κ3) is 3.03. The molecule has 1 aliphatic rings. The zero-order chi connectivity index (χ0) is 13.0. The Morgan fingerprint density at radius 1 is 1.61 bits per heavy atom. The number of carbonyl (C=O) groups is 1. The number of esters is 1. The molecule has 1 aromatic heterocycles. The van der Waals surface area contributed by atoms with Crippen LogP contribution in [0.15, 0.2) is 29.4 Å². The van der Waals surface area contributed by atoms with Crippen molar-refractivity contribution in [3.05, 3.63) is 24.5 Å². The van der Waals surface area contributed by atoms with Gasteiger partial charge in [0.15, 0.2) is 0 Å². The Bertz CT molecular complexity index is 413. The normalized spacial score (nSPS) is 27.1. The predicted molar refractivity (Wildman–Crippen MR) is 71.3 cm³/mol. The molecule has 0 aliphatic heterocycles. The van der Waals surface area contributed by atoms with Gasteiger partial charge in [-0.3, -0.25) is 9.78 Å². The summed E-state index contributed by atoms with van der Waals surface area (Å²) in [6.07, 6.45) is 5.88. The Balaban J connectivity index is 1.94. The molecule has 4 nitrogen and oxygen atoms in total. The quantitative estimate of drug-likeness (QED) is 0.844. The van der Waals surface area contributed by atoms with Crippen molar-refractivity contribution in [1.29, 1.82) is 0 Å². The Kier molecular flexibility index (Phi) is 4.24. The topological polar surface area (TPSA) is 65.2 Å². The highest BCUT2D eigenvalue weighted by molar-refractivity contribution is 8.00. The molecule has 1 heterocycles. The average molecular weight is 266 g/mol. The molecule has 2 unspecified atom stereocenters. The number of hydrogen-bond donors (Lipinski definition) is 1. The van der Waals surface area contributed by atoms with Crippen molar-refractivity contribution in [2.75, 3.05) is 6.61 Å². The molecule has 0 spiro atoms. The van der Waals surface area contributed by atoms with Crippen LogP contribution in [-0.4, -0.2) is 28.3 Å². The van der Waals surface area contributed by atoms with E-state index < -0.39 is 5.54 Å². The van der Waals surface area contributed by atoms with Crippen LogP contribution in [0.1, 0.15) is 26.2 Å². The lowest BCUT2D eigenvalue weighted by Gasteiger charge is -2.21. The summed E-state index contributed by atoms with van der Waals surface area (Å²) in [7, 11) is 0. The summed E-state index contributed by atoms with van der Waals surface area (Å²) >= 11 is 1.76. The summed E-state index contributed by atoms with van der Waals surface area (Å²) in [5, 5.41) is 0.377. The van der Waals surface area contributed by atoms with Gasteiger partial charge in [0.25, 0.3) is 0 Å². The lowest BCUT2D eigenvalue weighted by Crippen LogP contribution is -2.47. The zero-order valence-corrected chi connectivity index (χ0v) is 11.3. The lowest BCUT2D eigenvalue weighted by atomic mass is 10.00. The van der Waals surface area contributed by atoms with Crippen LogP contribution < -0.4 is 5.73 Å². The van der Waals surface area contributed by atoms with Crippen molar-refractivity contribution in [1.82, 2.24) is 4.98 Å². The number of rotatable bonds is 4. The van der Waals surface area contributed by atoms with Crippen molar-refractivity contribution >= 4 is 17.7 Å². The minimum Gasteiger partial charge on any atom is -0.465 e. The number of hydrogen-bond acceptors (Lipinski definition) is 5. The molecule has 2 N–H and O–H groups in total. The summed E-state index contributed by atoms with van der Waals surface area (Å²) < 4.78 is 5.04. The van der Waals surface area contributed by atoms with E-state index in [0.29, 0.717) is 24.7 Å². The second-order valence-corrected chi connectivity index (χ2v) is 5.92. The number of nitrogens with two attached hydrogens (primary N) is 1. The Labute approximate surface area is 111 Å². The number of pyridine rings is 1. The van der Waals surface area contributed by atoms with E-state index in [1.165, 1.54) is 4.90 Å². The Morgan fingerprint density at radius 3 is 3.00 bits per heavy atom. The average Bonchev–Trinajstić information content (AvgIpc) is 2.74. The van der Waals surface area contributed by atoms with Crippen LogP contribution in [0.2, 0.25) is 0 Å². The van der Waals surface area contributed by atoms with Gasteiger partial charge in [-0.1, -0.05) is 0 Å². The van der Waals surface area contributed by atoms with Crippen LogP contribution >= 0.6 is 11.8 Å². The Morgan fingerprint density at radius 2 is 2.33 bits per heavy atom. The highest BCUT2D eigenvalue weighted by Gasteiger charge is 2.43. The predicted octanol–water partition coefficient (Wildman–Crippen LogP) is 1.99. The minimum absolute atomic E-state index is 0.261. The molecule has 98 valence electrons. The van der Waals surface area contributed by atoms with Gasteiger partial charge < -0.3 is 10.5 Å². The fraction of sp³-hybridized carbons (Fsp3) is 0.538. The van der Waals surface area contributed by atoms with Gasteiger partial charge in [0, 0.05) is 22.5 Å². The third-order valence-corrected chi connectivity index (χ3v) is 4.42. The SMILES string of the molecule is CCOC(=O)C1(N)CCC(Sc2ccncc2)C1. The van der Waals surface area contributed by atoms with Gasteiger partial charge in [-0.25, -0.2) is 0 Å². The largest absolute Gasteiger partial charge is 0.465 e. The summed E-state index contributed by atoms with van der Waals surface area (Å²) in [5.74, 6) is -0.261. The number of thioether (sulfide) groups is 1. The number of ether oxygens (including phenoxy) is 1. The molecule has 2 atom stereocenters. The van der Waals surface area contributed by atoms with Crippen LogP contribution in [0.3, 0.4) is 0 Å². The second kappa shape index (κ2) is 5.71. The van der Waals surface area contributed by atoms with Gasteiger partial charge in [-0.05, 0) is 38.3 Å². The standard InChI is InChI=1S/C13H18N2O2S/c1-2-17-12(16)13(14)6-3-11(9-13)18-10-4-7-15-8-5-10/h4-5,7-8,11H,2-3,6,9,14H2,1H3. The summed E-state index contributed by atoms with van der Waals surface area (Å²) in [6, 6.07) is 3.96. The molecule has 1 saturated carbocycles. The monoisotopic (exact) mass is 266 g/mol. The zero-order valence-electron chi connectivity index (χ0n) is 10.5. The molecular weight excluding hydrogens is 248 g/mol. The third-order valence-electron chi connectivity index (χ3n) is 3.14.